The van der Waals surface area contributed by atoms with E-state index in [0.717, 1.165) is 0 Å². The Bertz CT molecular complexity index is 349. The Kier molecular flexibility index (Phi) is 7.08. The van der Waals surface area contributed by atoms with Crippen LogP contribution in [-0.2, 0) is 23.2 Å². The van der Waals surface area contributed by atoms with E-state index < -0.39 is 0 Å². The quantitative estimate of drug-likeness (QED) is 0.708. The zero-order chi connectivity index (χ0) is 9.26. The fourth-order valence-corrected chi connectivity index (χ4v) is 5.06. The maximum absolute atomic E-state index is 2.38. The molecule has 0 saturated carbocycles. The minimum atomic E-state index is -0.375. The predicted molar refractivity (Wildman–Crippen MR) is 67.4 cm³/mol. The van der Waals surface area contributed by atoms with Crippen molar-refractivity contribution < 1.29 is 23.2 Å². The average Bonchev–Trinajstić information content (AvgIpc) is 2.71. The maximum Gasteiger partial charge on any atom is -0.147 e. The molecule has 2 aliphatic carbocycles. The average molecular weight is 322 g/mol. The molecule has 2 aliphatic rings. The Hall–Kier alpha value is 0.423. The molecule has 0 unspecified atom stereocenters. The van der Waals surface area contributed by atoms with E-state index >= 15 is 0 Å². The number of hydrogen-bond donors (Lipinski definition) is 0. The van der Waals surface area contributed by atoms with Crippen LogP contribution >= 0.6 is 24.8 Å². The van der Waals surface area contributed by atoms with Gasteiger partial charge in [-0.3, -0.25) is 0 Å². The van der Waals surface area contributed by atoms with Gasteiger partial charge in [0.15, 0.2) is 0 Å². The zero-order valence-electron chi connectivity index (χ0n) is 9.04. The van der Waals surface area contributed by atoms with E-state index in [0.29, 0.717) is 0 Å². The fourth-order valence-electron chi connectivity index (χ4n) is 1.68. The second-order valence-corrected chi connectivity index (χ2v) is 7.32. The summed E-state index contributed by atoms with van der Waals surface area (Å²) in [5.41, 5.74) is 3.11. The predicted octanol–water partition coefficient (Wildman–Crippen LogP) is 4.38. The SMILES string of the molecule is CC1=CC[C]([Zr][C]2=CC=CC2)=C1C.Cl.Cl. The molecule has 0 saturated heterocycles. The van der Waals surface area contributed by atoms with E-state index in [1.807, 2.05) is 0 Å². The first-order chi connectivity index (χ1) is 6.27. The van der Waals surface area contributed by atoms with Gasteiger partial charge in [-0.05, 0) is 0 Å². The molecule has 0 aromatic carbocycles. The summed E-state index contributed by atoms with van der Waals surface area (Å²) in [5.74, 6) is 0. The molecule has 0 aromatic rings. The number of halogens is 2. The van der Waals surface area contributed by atoms with Gasteiger partial charge in [0.25, 0.3) is 0 Å². The van der Waals surface area contributed by atoms with Crippen molar-refractivity contribution in [3.05, 3.63) is 42.0 Å². The van der Waals surface area contributed by atoms with Crippen molar-refractivity contribution in [2.75, 3.05) is 0 Å². The van der Waals surface area contributed by atoms with Crippen LogP contribution in [-0.4, -0.2) is 0 Å². The summed E-state index contributed by atoms with van der Waals surface area (Å²) in [4.78, 5) is 0. The summed E-state index contributed by atoms with van der Waals surface area (Å²) in [6.07, 6.45) is 11.7. The van der Waals surface area contributed by atoms with Crippen molar-refractivity contribution >= 4 is 24.8 Å². The Morgan fingerprint density at radius 2 is 1.87 bits per heavy atom. The molecule has 0 spiro atoms. The van der Waals surface area contributed by atoms with E-state index in [1.165, 1.54) is 18.4 Å². The van der Waals surface area contributed by atoms with Gasteiger partial charge in [-0.1, -0.05) is 0 Å². The molecular weight excluding hydrogens is 306 g/mol. The summed E-state index contributed by atoms with van der Waals surface area (Å²) in [7, 11) is 0. The molecule has 0 aromatic heterocycles. The minimum absolute atomic E-state index is 0. The van der Waals surface area contributed by atoms with E-state index in [9.17, 15) is 0 Å². The first kappa shape index (κ1) is 15.4. The molecule has 2 rings (SSSR count). The van der Waals surface area contributed by atoms with Gasteiger partial charge in [-0.15, -0.1) is 24.8 Å². The summed E-state index contributed by atoms with van der Waals surface area (Å²) in [6, 6.07) is 0. The zero-order valence-corrected chi connectivity index (χ0v) is 13.1. The van der Waals surface area contributed by atoms with Crippen LogP contribution < -0.4 is 0 Å². The summed E-state index contributed by atoms with van der Waals surface area (Å²) >= 11 is -0.375. The molecule has 0 N–H and O–H groups in total. The summed E-state index contributed by atoms with van der Waals surface area (Å²) in [5, 5.41) is 0. The van der Waals surface area contributed by atoms with Crippen molar-refractivity contribution in [3.8, 4) is 0 Å². The van der Waals surface area contributed by atoms with Crippen LogP contribution in [0.1, 0.15) is 26.7 Å². The fraction of sp³-hybridized carbons (Fsp3) is 0.333. The van der Waals surface area contributed by atoms with Gasteiger partial charge in [-0.2, -0.15) is 0 Å². The standard InChI is InChI=1S/C7H9.C5H5.2ClH.Zr/c1-6-4-3-5-7(6)2;1-2-4-5-3-1;;;/h4H,3H2,1-2H3;1-3H,4H2;2*1H;. The van der Waals surface area contributed by atoms with Gasteiger partial charge in [-0.25, -0.2) is 0 Å². The smallest absolute Gasteiger partial charge is 0.147 e. The topological polar surface area (TPSA) is 0 Å². The molecule has 0 bridgehead atoms. The molecule has 0 aliphatic heterocycles. The van der Waals surface area contributed by atoms with E-state index in [1.54, 1.807) is 12.1 Å². The third-order valence-corrected chi connectivity index (χ3v) is 6.61. The van der Waals surface area contributed by atoms with E-state index in [2.05, 4.69) is 38.2 Å². The molecule has 0 fully saturated rings. The van der Waals surface area contributed by atoms with E-state index in [-0.39, 0.29) is 48.0 Å². The second-order valence-electron chi connectivity index (χ2n) is 3.64. The van der Waals surface area contributed by atoms with Gasteiger partial charge in [0.2, 0.25) is 0 Å². The van der Waals surface area contributed by atoms with Crippen molar-refractivity contribution in [3.63, 3.8) is 0 Å². The number of allylic oxidation sites excluding steroid dienone is 8. The van der Waals surface area contributed by atoms with Crippen LogP contribution in [0.5, 0.6) is 0 Å². The van der Waals surface area contributed by atoms with Crippen molar-refractivity contribution in [1.29, 1.82) is 0 Å². The van der Waals surface area contributed by atoms with Crippen LogP contribution in [0.3, 0.4) is 0 Å². The summed E-state index contributed by atoms with van der Waals surface area (Å²) in [6.45, 7) is 4.53. The molecule has 0 radical (unpaired) electrons. The molecule has 0 atom stereocenters. The van der Waals surface area contributed by atoms with Crippen molar-refractivity contribution in [2.24, 2.45) is 0 Å². The largest absolute Gasteiger partial charge is 0.147 e. The number of hydrogen-bond acceptors (Lipinski definition) is 0. The van der Waals surface area contributed by atoms with Gasteiger partial charge in [0.1, 0.15) is 0 Å². The minimum Gasteiger partial charge on any atom is -0.147 e. The van der Waals surface area contributed by atoms with Gasteiger partial charge >= 0.3 is 91.9 Å². The Morgan fingerprint density at radius 3 is 2.33 bits per heavy atom. The van der Waals surface area contributed by atoms with Crippen LogP contribution in [0, 0.1) is 0 Å². The molecule has 0 nitrogen and oxygen atoms in total. The second kappa shape index (κ2) is 6.89. The molecule has 0 heterocycles. The third kappa shape index (κ3) is 3.73. The maximum atomic E-state index is 2.38. The first-order valence-electron chi connectivity index (χ1n) is 4.77. The first-order valence-corrected chi connectivity index (χ1v) is 7.23. The Morgan fingerprint density at radius 1 is 1.13 bits per heavy atom. The van der Waals surface area contributed by atoms with Gasteiger partial charge in [0, 0.05) is 0 Å². The molecular formula is C12H16Cl2Zr. The molecule has 0 amide bonds. The summed E-state index contributed by atoms with van der Waals surface area (Å²) < 4.78 is 3.53. The van der Waals surface area contributed by atoms with Crippen LogP contribution in [0.15, 0.2) is 42.0 Å². The van der Waals surface area contributed by atoms with Crippen LogP contribution in [0.2, 0.25) is 0 Å². The Labute approximate surface area is 116 Å². The van der Waals surface area contributed by atoms with E-state index in [4.69, 9.17) is 0 Å². The monoisotopic (exact) mass is 320 g/mol. The Balaban J connectivity index is 0.000000980. The van der Waals surface area contributed by atoms with Crippen LogP contribution in [0.4, 0.5) is 0 Å². The van der Waals surface area contributed by atoms with Gasteiger partial charge in [0.05, 0.1) is 0 Å². The molecule has 15 heavy (non-hydrogen) atoms. The third-order valence-electron chi connectivity index (χ3n) is 2.74. The van der Waals surface area contributed by atoms with Crippen molar-refractivity contribution in [2.45, 2.75) is 26.7 Å². The number of rotatable bonds is 2. The van der Waals surface area contributed by atoms with Crippen LogP contribution in [0.25, 0.3) is 0 Å². The van der Waals surface area contributed by atoms with Gasteiger partial charge < -0.3 is 0 Å². The van der Waals surface area contributed by atoms with Crippen molar-refractivity contribution in [1.82, 2.24) is 0 Å². The molecule has 82 valence electrons. The molecule has 3 heteroatoms. The normalized spacial score (nSPS) is 18.0.